The van der Waals surface area contributed by atoms with Crippen molar-refractivity contribution in [1.29, 1.82) is 0 Å². The molecule has 1 aromatic rings. The Kier molecular flexibility index (Phi) is 5.73. The number of hydrogen-bond donors (Lipinski definition) is 1. The summed E-state index contributed by atoms with van der Waals surface area (Å²) in [5, 5.41) is 2.60. The molecule has 0 aliphatic rings. The van der Waals surface area contributed by atoms with Crippen LogP contribution in [-0.2, 0) is 16.1 Å². The zero-order valence-electron chi connectivity index (χ0n) is 10.9. The van der Waals surface area contributed by atoms with Crippen molar-refractivity contribution in [3.8, 4) is 0 Å². The van der Waals surface area contributed by atoms with Gasteiger partial charge in [0.1, 0.15) is 5.82 Å². The van der Waals surface area contributed by atoms with Gasteiger partial charge in [-0.1, -0.05) is 18.2 Å². The van der Waals surface area contributed by atoms with Crippen molar-refractivity contribution in [1.82, 2.24) is 10.2 Å². The third-order valence-corrected chi connectivity index (χ3v) is 2.51. The van der Waals surface area contributed by atoms with Crippen LogP contribution in [0.2, 0.25) is 0 Å². The summed E-state index contributed by atoms with van der Waals surface area (Å²) >= 11 is 0. The molecule has 0 unspecified atom stereocenters. The summed E-state index contributed by atoms with van der Waals surface area (Å²) in [4.78, 5) is 24.4. The Labute approximate surface area is 111 Å². The molecule has 102 valence electrons. The molecule has 0 atom stereocenters. The highest BCUT2D eigenvalue weighted by molar-refractivity contribution is 5.83. The zero-order valence-corrected chi connectivity index (χ0v) is 10.9. The molecule has 0 spiro atoms. The van der Waals surface area contributed by atoms with Gasteiger partial charge in [-0.3, -0.25) is 9.59 Å². The SMILES string of the molecule is C=CCNC(=O)CN(Cc1ccc(F)cc1)C(C)=O. The van der Waals surface area contributed by atoms with Gasteiger partial charge < -0.3 is 10.2 Å². The van der Waals surface area contributed by atoms with E-state index in [0.717, 1.165) is 5.56 Å². The van der Waals surface area contributed by atoms with Crippen LogP contribution >= 0.6 is 0 Å². The normalized spacial score (nSPS) is 9.79. The van der Waals surface area contributed by atoms with Gasteiger partial charge in [0.25, 0.3) is 0 Å². The number of hydrogen-bond acceptors (Lipinski definition) is 2. The van der Waals surface area contributed by atoms with E-state index in [1.807, 2.05) is 0 Å². The Bertz CT molecular complexity index is 457. The molecule has 5 heteroatoms. The highest BCUT2D eigenvalue weighted by atomic mass is 19.1. The summed E-state index contributed by atoms with van der Waals surface area (Å²) in [5.41, 5.74) is 0.771. The second-order valence-electron chi connectivity index (χ2n) is 4.09. The second-order valence-corrected chi connectivity index (χ2v) is 4.09. The minimum Gasteiger partial charge on any atom is -0.351 e. The molecule has 2 amide bonds. The van der Waals surface area contributed by atoms with Crippen molar-refractivity contribution >= 4 is 11.8 Å². The number of nitrogens with zero attached hydrogens (tertiary/aromatic N) is 1. The average molecular weight is 264 g/mol. The van der Waals surface area contributed by atoms with Crippen LogP contribution in [0, 0.1) is 5.82 Å². The lowest BCUT2D eigenvalue weighted by molar-refractivity contribution is -0.134. The Balaban J connectivity index is 2.62. The van der Waals surface area contributed by atoms with E-state index in [2.05, 4.69) is 11.9 Å². The van der Waals surface area contributed by atoms with Crippen LogP contribution in [-0.4, -0.2) is 29.8 Å². The van der Waals surface area contributed by atoms with Gasteiger partial charge in [-0.25, -0.2) is 4.39 Å². The number of nitrogens with one attached hydrogen (secondary N) is 1. The van der Waals surface area contributed by atoms with Gasteiger partial charge in [0.15, 0.2) is 0 Å². The monoisotopic (exact) mass is 264 g/mol. The molecular formula is C14H17FN2O2. The first-order valence-corrected chi connectivity index (χ1v) is 5.90. The Hall–Kier alpha value is -2.17. The maximum Gasteiger partial charge on any atom is 0.239 e. The first kappa shape index (κ1) is 14.9. The number of amides is 2. The van der Waals surface area contributed by atoms with E-state index in [9.17, 15) is 14.0 Å². The largest absolute Gasteiger partial charge is 0.351 e. The van der Waals surface area contributed by atoms with Crippen molar-refractivity contribution < 1.29 is 14.0 Å². The molecule has 1 N–H and O–H groups in total. The van der Waals surface area contributed by atoms with Gasteiger partial charge in [0.05, 0.1) is 6.54 Å². The van der Waals surface area contributed by atoms with Gasteiger partial charge in [0.2, 0.25) is 11.8 Å². The molecule has 0 saturated heterocycles. The minimum atomic E-state index is -0.332. The van der Waals surface area contributed by atoms with Crippen molar-refractivity contribution in [3.05, 3.63) is 48.3 Å². The number of halogens is 1. The quantitative estimate of drug-likeness (QED) is 0.791. The fourth-order valence-corrected chi connectivity index (χ4v) is 1.50. The van der Waals surface area contributed by atoms with Crippen molar-refractivity contribution in [2.45, 2.75) is 13.5 Å². The van der Waals surface area contributed by atoms with Crippen LogP contribution in [0.4, 0.5) is 4.39 Å². The molecule has 19 heavy (non-hydrogen) atoms. The topological polar surface area (TPSA) is 49.4 Å². The maximum absolute atomic E-state index is 12.8. The fourth-order valence-electron chi connectivity index (χ4n) is 1.50. The number of carbonyl (C=O) groups is 2. The van der Waals surface area contributed by atoms with Crippen LogP contribution < -0.4 is 5.32 Å². The molecule has 0 radical (unpaired) electrons. The number of carbonyl (C=O) groups excluding carboxylic acids is 2. The summed E-state index contributed by atoms with van der Waals surface area (Å²) in [6.07, 6.45) is 1.57. The fraction of sp³-hybridized carbons (Fsp3) is 0.286. The predicted molar refractivity (Wildman–Crippen MR) is 70.7 cm³/mol. The van der Waals surface area contributed by atoms with E-state index in [1.165, 1.54) is 24.0 Å². The standard InChI is InChI=1S/C14H17FN2O2/c1-3-8-16-14(19)10-17(11(2)18)9-12-4-6-13(15)7-5-12/h3-7H,1,8-10H2,2H3,(H,16,19). The van der Waals surface area contributed by atoms with Crippen LogP contribution in [0.1, 0.15) is 12.5 Å². The van der Waals surface area contributed by atoms with Crippen LogP contribution in [0.5, 0.6) is 0 Å². The summed E-state index contributed by atoms with van der Waals surface area (Å²) in [6.45, 7) is 5.50. The molecule has 0 saturated carbocycles. The summed E-state index contributed by atoms with van der Waals surface area (Å²) < 4.78 is 12.8. The van der Waals surface area contributed by atoms with Gasteiger partial charge in [-0.05, 0) is 17.7 Å². The molecule has 0 aliphatic heterocycles. The van der Waals surface area contributed by atoms with Gasteiger partial charge in [-0.15, -0.1) is 6.58 Å². The predicted octanol–water partition coefficient (Wildman–Crippen LogP) is 1.48. The van der Waals surface area contributed by atoms with Gasteiger partial charge in [0, 0.05) is 20.0 Å². The van der Waals surface area contributed by atoms with Gasteiger partial charge in [-0.2, -0.15) is 0 Å². The summed E-state index contributed by atoms with van der Waals surface area (Å²) in [6, 6.07) is 5.83. The second kappa shape index (κ2) is 7.31. The van der Waals surface area contributed by atoms with Crippen molar-refractivity contribution in [3.63, 3.8) is 0 Å². The zero-order chi connectivity index (χ0) is 14.3. The first-order chi connectivity index (χ1) is 9.02. The smallest absolute Gasteiger partial charge is 0.239 e. The highest BCUT2D eigenvalue weighted by Gasteiger charge is 2.13. The average Bonchev–Trinajstić information content (AvgIpc) is 2.38. The van der Waals surface area contributed by atoms with E-state index in [4.69, 9.17) is 0 Å². The summed E-state index contributed by atoms with van der Waals surface area (Å²) in [7, 11) is 0. The van der Waals surface area contributed by atoms with E-state index < -0.39 is 0 Å². The third kappa shape index (κ3) is 5.33. The molecule has 1 aromatic carbocycles. The lowest BCUT2D eigenvalue weighted by Gasteiger charge is -2.20. The molecule has 1 rings (SSSR count). The van der Waals surface area contributed by atoms with E-state index >= 15 is 0 Å². The van der Waals surface area contributed by atoms with Crippen molar-refractivity contribution in [2.75, 3.05) is 13.1 Å². The van der Waals surface area contributed by atoms with Crippen LogP contribution in [0.25, 0.3) is 0 Å². The Morgan fingerprint density at radius 3 is 2.53 bits per heavy atom. The van der Waals surface area contributed by atoms with E-state index in [1.54, 1.807) is 18.2 Å². The molecule has 0 bridgehead atoms. The first-order valence-electron chi connectivity index (χ1n) is 5.90. The minimum absolute atomic E-state index is 0.0272. The van der Waals surface area contributed by atoms with Gasteiger partial charge >= 0.3 is 0 Å². The lowest BCUT2D eigenvalue weighted by atomic mass is 10.2. The molecular weight excluding hydrogens is 247 g/mol. The Morgan fingerprint density at radius 2 is 2.00 bits per heavy atom. The third-order valence-electron chi connectivity index (χ3n) is 2.51. The van der Waals surface area contributed by atoms with E-state index in [-0.39, 0.29) is 30.7 Å². The van der Waals surface area contributed by atoms with Crippen LogP contribution in [0.15, 0.2) is 36.9 Å². The van der Waals surface area contributed by atoms with E-state index in [0.29, 0.717) is 6.54 Å². The lowest BCUT2D eigenvalue weighted by Crippen LogP contribution is -2.39. The van der Waals surface area contributed by atoms with Crippen molar-refractivity contribution in [2.24, 2.45) is 0 Å². The molecule has 0 aliphatic carbocycles. The Morgan fingerprint density at radius 1 is 1.37 bits per heavy atom. The number of rotatable bonds is 6. The molecule has 4 nitrogen and oxygen atoms in total. The molecule has 0 fully saturated rings. The molecule has 0 aromatic heterocycles. The molecule has 0 heterocycles. The maximum atomic E-state index is 12.8. The highest BCUT2D eigenvalue weighted by Crippen LogP contribution is 2.06. The van der Waals surface area contributed by atoms with Crippen LogP contribution in [0.3, 0.4) is 0 Å². The summed E-state index contributed by atoms with van der Waals surface area (Å²) in [5.74, 6) is -0.794. The number of benzene rings is 1.